The van der Waals surface area contributed by atoms with E-state index in [2.05, 4.69) is 6.07 Å². The fraction of sp³-hybridized carbons (Fsp3) is 0.100. The quantitative estimate of drug-likeness (QED) is 0.621. The van der Waals surface area contributed by atoms with E-state index >= 15 is 0 Å². The number of aliphatic hydroxyl groups excluding tert-OH is 1. The smallest absolute Gasteiger partial charge is 0.0991 e. The zero-order chi connectivity index (χ0) is 8.55. The number of hydrogen-bond donors (Lipinski definition) is 1. The van der Waals surface area contributed by atoms with E-state index in [1.807, 2.05) is 6.08 Å². The van der Waals surface area contributed by atoms with Crippen LogP contribution in [0.2, 0.25) is 0 Å². The van der Waals surface area contributed by atoms with Gasteiger partial charge in [-0.15, -0.1) is 0 Å². The minimum absolute atomic E-state index is 0.493. The fourth-order valence-corrected chi connectivity index (χ4v) is 1.36. The summed E-state index contributed by atoms with van der Waals surface area (Å²) in [6, 6.07) is 7.34. The zero-order valence-corrected chi connectivity index (χ0v) is 6.36. The maximum atomic E-state index is 9.38. The zero-order valence-electron chi connectivity index (χ0n) is 6.36. The SMILES string of the molecule is N#Cc1ccc2c(c1)C=CC2O. The van der Waals surface area contributed by atoms with E-state index in [0.717, 1.165) is 11.1 Å². The Bertz CT molecular complexity index is 387. The number of aliphatic hydroxyl groups is 1. The third-order valence-corrected chi connectivity index (χ3v) is 1.99. The van der Waals surface area contributed by atoms with E-state index in [1.165, 1.54) is 0 Å². The Morgan fingerprint density at radius 1 is 1.42 bits per heavy atom. The van der Waals surface area contributed by atoms with Crippen molar-refractivity contribution in [3.05, 3.63) is 41.0 Å². The standard InChI is InChI=1S/C10H7NO/c11-6-7-1-3-9-8(5-7)2-4-10(9)12/h1-5,10,12H. The molecule has 1 aliphatic rings. The molecule has 0 bridgehead atoms. The molecule has 1 aromatic rings. The minimum Gasteiger partial charge on any atom is -0.384 e. The van der Waals surface area contributed by atoms with Gasteiger partial charge < -0.3 is 5.11 Å². The highest BCUT2D eigenvalue weighted by atomic mass is 16.3. The van der Waals surface area contributed by atoms with Crippen LogP contribution in [0, 0.1) is 11.3 Å². The van der Waals surface area contributed by atoms with Crippen LogP contribution in [0.1, 0.15) is 22.8 Å². The first-order valence-corrected chi connectivity index (χ1v) is 3.71. The molecule has 0 fully saturated rings. The van der Waals surface area contributed by atoms with Crippen molar-refractivity contribution in [2.45, 2.75) is 6.10 Å². The molecule has 1 N–H and O–H groups in total. The van der Waals surface area contributed by atoms with Crippen molar-refractivity contribution >= 4 is 6.08 Å². The minimum atomic E-state index is -0.493. The highest BCUT2D eigenvalue weighted by Crippen LogP contribution is 2.28. The highest BCUT2D eigenvalue weighted by molar-refractivity contribution is 5.63. The molecule has 1 unspecified atom stereocenters. The summed E-state index contributed by atoms with van der Waals surface area (Å²) in [6.45, 7) is 0. The van der Waals surface area contributed by atoms with Crippen molar-refractivity contribution in [1.29, 1.82) is 5.26 Å². The van der Waals surface area contributed by atoms with Gasteiger partial charge in [0.15, 0.2) is 0 Å². The summed E-state index contributed by atoms with van der Waals surface area (Å²) in [5.41, 5.74) is 2.46. The molecule has 0 aromatic heterocycles. The lowest BCUT2D eigenvalue weighted by atomic mass is 10.1. The third kappa shape index (κ3) is 0.919. The van der Waals surface area contributed by atoms with Gasteiger partial charge in [0.25, 0.3) is 0 Å². The lowest BCUT2D eigenvalue weighted by Gasteiger charge is -2.02. The third-order valence-electron chi connectivity index (χ3n) is 1.99. The van der Waals surface area contributed by atoms with Crippen LogP contribution in [-0.4, -0.2) is 5.11 Å². The van der Waals surface area contributed by atoms with Crippen LogP contribution < -0.4 is 0 Å². The molecule has 12 heavy (non-hydrogen) atoms. The van der Waals surface area contributed by atoms with Crippen molar-refractivity contribution in [2.24, 2.45) is 0 Å². The molecular weight excluding hydrogens is 150 g/mol. The molecule has 0 radical (unpaired) electrons. The van der Waals surface area contributed by atoms with Crippen molar-refractivity contribution < 1.29 is 5.11 Å². The summed E-state index contributed by atoms with van der Waals surface area (Å²) < 4.78 is 0. The number of fused-ring (bicyclic) bond motifs is 1. The molecule has 1 atom stereocenters. The summed E-state index contributed by atoms with van der Waals surface area (Å²) in [4.78, 5) is 0. The number of benzene rings is 1. The first-order chi connectivity index (χ1) is 5.81. The Balaban J connectivity index is 2.56. The topological polar surface area (TPSA) is 44.0 Å². The maximum absolute atomic E-state index is 9.38. The van der Waals surface area contributed by atoms with Gasteiger partial charge in [0, 0.05) is 0 Å². The van der Waals surface area contributed by atoms with Gasteiger partial charge in [-0.2, -0.15) is 5.26 Å². The van der Waals surface area contributed by atoms with E-state index in [1.54, 1.807) is 24.3 Å². The normalized spacial score (nSPS) is 18.8. The van der Waals surface area contributed by atoms with Crippen LogP contribution in [-0.2, 0) is 0 Å². The van der Waals surface area contributed by atoms with E-state index in [4.69, 9.17) is 5.26 Å². The Kier molecular flexibility index (Phi) is 1.46. The van der Waals surface area contributed by atoms with E-state index in [9.17, 15) is 5.11 Å². The van der Waals surface area contributed by atoms with Gasteiger partial charge in [-0.1, -0.05) is 18.2 Å². The highest BCUT2D eigenvalue weighted by Gasteiger charge is 2.13. The maximum Gasteiger partial charge on any atom is 0.0991 e. The number of nitrogens with zero attached hydrogens (tertiary/aromatic N) is 1. The Labute approximate surface area is 70.4 Å². The van der Waals surface area contributed by atoms with Gasteiger partial charge in [-0.25, -0.2) is 0 Å². The predicted octanol–water partition coefficient (Wildman–Crippen LogP) is 1.62. The van der Waals surface area contributed by atoms with Crippen LogP contribution in [0.5, 0.6) is 0 Å². The first-order valence-electron chi connectivity index (χ1n) is 3.71. The van der Waals surface area contributed by atoms with Crippen LogP contribution in [0.25, 0.3) is 6.08 Å². The lowest BCUT2D eigenvalue weighted by molar-refractivity contribution is 0.232. The summed E-state index contributed by atoms with van der Waals surface area (Å²) in [5.74, 6) is 0. The van der Waals surface area contributed by atoms with Gasteiger partial charge in [0.05, 0.1) is 17.7 Å². The lowest BCUT2D eigenvalue weighted by Crippen LogP contribution is -1.90. The Morgan fingerprint density at radius 2 is 2.25 bits per heavy atom. The Hall–Kier alpha value is -1.59. The second-order valence-electron chi connectivity index (χ2n) is 2.76. The van der Waals surface area contributed by atoms with E-state index < -0.39 is 6.10 Å². The van der Waals surface area contributed by atoms with Gasteiger partial charge in [0.2, 0.25) is 0 Å². The molecule has 58 valence electrons. The molecule has 2 rings (SSSR count). The van der Waals surface area contributed by atoms with E-state index in [-0.39, 0.29) is 0 Å². The fourth-order valence-electron chi connectivity index (χ4n) is 1.36. The summed E-state index contributed by atoms with van der Waals surface area (Å²) in [7, 11) is 0. The molecule has 1 aromatic carbocycles. The van der Waals surface area contributed by atoms with E-state index in [0.29, 0.717) is 5.56 Å². The first kappa shape index (κ1) is 7.08. The number of hydrogen-bond acceptors (Lipinski definition) is 2. The molecule has 2 nitrogen and oxygen atoms in total. The molecule has 0 amide bonds. The molecule has 2 heteroatoms. The van der Waals surface area contributed by atoms with Crippen molar-refractivity contribution in [1.82, 2.24) is 0 Å². The van der Waals surface area contributed by atoms with Gasteiger partial charge in [-0.05, 0) is 23.3 Å². The van der Waals surface area contributed by atoms with Gasteiger partial charge in [-0.3, -0.25) is 0 Å². The molecule has 1 aliphatic carbocycles. The molecule has 0 aliphatic heterocycles. The summed E-state index contributed by atoms with van der Waals surface area (Å²) in [6.07, 6.45) is 3.06. The summed E-state index contributed by atoms with van der Waals surface area (Å²) in [5, 5.41) is 18.0. The average molecular weight is 157 g/mol. The molecular formula is C10H7NO. The molecule has 0 heterocycles. The predicted molar refractivity (Wildman–Crippen MR) is 45.2 cm³/mol. The van der Waals surface area contributed by atoms with Crippen molar-refractivity contribution in [3.63, 3.8) is 0 Å². The molecule has 0 spiro atoms. The average Bonchev–Trinajstić information content (AvgIpc) is 2.47. The summed E-state index contributed by atoms with van der Waals surface area (Å²) >= 11 is 0. The van der Waals surface area contributed by atoms with Crippen LogP contribution in [0.15, 0.2) is 24.3 Å². The van der Waals surface area contributed by atoms with Gasteiger partial charge in [0.1, 0.15) is 0 Å². The van der Waals surface area contributed by atoms with Crippen LogP contribution >= 0.6 is 0 Å². The second-order valence-corrected chi connectivity index (χ2v) is 2.76. The second kappa shape index (κ2) is 2.47. The van der Waals surface area contributed by atoms with Crippen molar-refractivity contribution in [2.75, 3.05) is 0 Å². The molecule has 0 saturated heterocycles. The molecule has 0 saturated carbocycles. The van der Waals surface area contributed by atoms with Crippen molar-refractivity contribution in [3.8, 4) is 6.07 Å². The van der Waals surface area contributed by atoms with Crippen LogP contribution in [0.4, 0.5) is 0 Å². The monoisotopic (exact) mass is 157 g/mol. The van der Waals surface area contributed by atoms with Gasteiger partial charge >= 0.3 is 0 Å². The Morgan fingerprint density at radius 3 is 3.00 bits per heavy atom. The largest absolute Gasteiger partial charge is 0.384 e. The number of rotatable bonds is 0. The van der Waals surface area contributed by atoms with Crippen LogP contribution in [0.3, 0.4) is 0 Å². The number of nitriles is 1.